The third-order valence-electron chi connectivity index (χ3n) is 2.64. The molecule has 2 N–H and O–H groups in total. The standard InChI is InChI=1S/C14H17IN2O3S/c1-14(2,3)20-13(19)16-9-7-21-10-6-4-5-8(15)11(10)17-12(9)18/h4-6,9H,7H2,1-3H3,(H,16,19)(H,17,18). The van der Waals surface area contributed by atoms with E-state index in [2.05, 4.69) is 33.2 Å². The summed E-state index contributed by atoms with van der Waals surface area (Å²) in [5.41, 5.74) is 0.220. The highest BCUT2D eigenvalue weighted by Gasteiger charge is 2.28. The molecular weight excluding hydrogens is 403 g/mol. The second-order valence-electron chi connectivity index (χ2n) is 5.61. The van der Waals surface area contributed by atoms with Gasteiger partial charge in [0.2, 0.25) is 5.91 Å². The van der Waals surface area contributed by atoms with Gasteiger partial charge in [0.25, 0.3) is 0 Å². The summed E-state index contributed by atoms with van der Waals surface area (Å²) in [5.74, 6) is 0.245. The predicted octanol–water partition coefficient (Wildman–Crippen LogP) is 3.23. The summed E-state index contributed by atoms with van der Waals surface area (Å²) in [5, 5.41) is 5.49. The number of para-hydroxylation sites is 1. The van der Waals surface area contributed by atoms with Crippen LogP contribution in [0.1, 0.15) is 20.8 Å². The van der Waals surface area contributed by atoms with Crippen LogP contribution in [0.15, 0.2) is 23.1 Å². The van der Waals surface area contributed by atoms with Crippen LogP contribution in [-0.4, -0.2) is 29.4 Å². The maximum atomic E-state index is 12.2. The lowest BCUT2D eigenvalue weighted by Crippen LogP contribution is -2.46. The third kappa shape index (κ3) is 4.50. The average molecular weight is 420 g/mol. The topological polar surface area (TPSA) is 67.4 Å². The van der Waals surface area contributed by atoms with E-state index in [-0.39, 0.29) is 5.91 Å². The van der Waals surface area contributed by atoms with E-state index in [1.165, 1.54) is 11.8 Å². The van der Waals surface area contributed by atoms with E-state index >= 15 is 0 Å². The van der Waals surface area contributed by atoms with E-state index in [0.29, 0.717) is 5.75 Å². The second kappa shape index (κ2) is 6.43. The number of alkyl carbamates (subject to hydrolysis) is 1. The number of hydrogen-bond acceptors (Lipinski definition) is 4. The molecule has 1 aliphatic rings. The van der Waals surface area contributed by atoms with Crippen molar-refractivity contribution in [3.63, 3.8) is 0 Å². The summed E-state index contributed by atoms with van der Waals surface area (Å²) in [6.45, 7) is 5.35. The Morgan fingerprint density at radius 1 is 1.48 bits per heavy atom. The second-order valence-corrected chi connectivity index (χ2v) is 7.84. The van der Waals surface area contributed by atoms with Crippen LogP contribution in [0.5, 0.6) is 0 Å². The molecule has 0 aromatic heterocycles. The van der Waals surface area contributed by atoms with E-state index in [4.69, 9.17) is 4.74 Å². The Morgan fingerprint density at radius 3 is 2.86 bits per heavy atom. The number of hydrogen-bond donors (Lipinski definition) is 2. The van der Waals surface area contributed by atoms with E-state index in [1.54, 1.807) is 20.8 Å². The number of fused-ring (bicyclic) bond motifs is 1. The molecule has 114 valence electrons. The van der Waals surface area contributed by atoms with Gasteiger partial charge in [-0.2, -0.15) is 0 Å². The predicted molar refractivity (Wildman–Crippen MR) is 91.7 cm³/mol. The molecule has 0 bridgehead atoms. The molecule has 0 aliphatic carbocycles. The van der Waals surface area contributed by atoms with Gasteiger partial charge in [0.15, 0.2) is 0 Å². The van der Waals surface area contributed by atoms with Crippen molar-refractivity contribution >= 4 is 52.0 Å². The van der Waals surface area contributed by atoms with Crippen LogP contribution in [0.4, 0.5) is 10.5 Å². The minimum atomic E-state index is -0.618. The number of anilines is 1. The molecule has 21 heavy (non-hydrogen) atoms. The fourth-order valence-electron chi connectivity index (χ4n) is 1.76. The number of carbonyl (C=O) groups excluding carboxylic acids is 2. The van der Waals surface area contributed by atoms with Crippen LogP contribution in [-0.2, 0) is 9.53 Å². The smallest absolute Gasteiger partial charge is 0.408 e. The highest BCUT2D eigenvalue weighted by atomic mass is 127. The van der Waals surface area contributed by atoms with Gasteiger partial charge in [0.1, 0.15) is 11.6 Å². The first-order valence-corrected chi connectivity index (χ1v) is 8.54. The number of carbonyl (C=O) groups is 2. The van der Waals surface area contributed by atoms with Gasteiger partial charge >= 0.3 is 6.09 Å². The Morgan fingerprint density at radius 2 is 2.19 bits per heavy atom. The van der Waals surface area contributed by atoms with E-state index in [9.17, 15) is 9.59 Å². The lowest BCUT2D eigenvalue weighted by molar-refractivity contribution is -0.117. The number of nitrogens with one attached hydrogen (secondary N) is 2. The Kier molecular flexibility index (Phi) is 5.03. The maximum Gasteiger partial charge on any atom is 0.408 e. The molecule has 1 aromatic carbocycles. The van der Waals surface area contributed by atoms with E-state index in [0.717, 1.165) is 14.2 Å². The first kappa shape index (κ1) is 16.4. The van der Waals surface area contributed by atoms with Gasteiger partial charge in [0, 0.05) is 14.2 Å². The summed E-state index contributed by atoms with van der Waals surface area (Å²) >= 11 is 3.72. The maximum absolute atomic E-state index is 12.2. The van der Waals surface area contributed by atoms with Crippen LogP contribution in [0.25, 0.3) is 0 Å². The molecule has 1 aromatic rings. The van der Waals surface area contributed by atoms with Crippen molar-refractivity contribution in [2.75, 3.05) is 11.1 Å². The van der Waals surface area contributed by atoms with Crippen molar-refractivity contribution in [2.24, 2.45) is 0 Å². The Hall–Kier alpha value is -0.960. The molecular formula is C14H17IN2O3S. The summed E-state index contributed by atoms with van der Waals surface area (Å²) in [6.07, 6.45) is -0.580. The zero-order valence-electron chi connectivity index (χ0n) is 12.0. The van der Waals surface area contributed by atoms with Crippen molar-refractivity contribution in [1.82, 2.24) is 5.32 Å². The SMILES string of the molecule is CC(C)(C)OC(=O)NC1CSc2cccc(I)c2NC1=O. The van der Waals surface area contributed by atoms with Crippen LogP contribution in [0, 0.1) is 3.57 Å². The molecule has 2 amide bonds. The molecule has 2 rings (SSSR count). The number of amides is 2. The quantitative estimate of drug-likeness (QED) is 0.685. The zero-order valence-corrected chi connectivity index (χ0v) is 15.0. The fraction of sp³-hybridized carbons (Fsp3) is 0.429. The van der Waals surface area contributed by atoms with Crippen molar-refractivity contribution in [3.8, 4) is 0 Å². The van der Waals surface area contributed by atoms with Crippen molar-refractivity contribution in [1.29, 1.82) is 0 Å². The highest BCUT2D eigenvalue weighted by molar-refractivity contribution is 14.1. The van der Waals surface area contributed by atoms with Gasteiger partial charge in [0.05, 0.1) is 5.69 Å². The van der Waals surface area contributed by atoms with Crippen molar-refractivity contribution in [2.45, 2.75) is 37.3 Å². The first-order valence-electron chi connectivity index (χ1n) is 6.48. The van der Waals surface area contributed by atoms with Crippen molar-refractivity contribution < 1.29 is 14.3 Å². The van der Waals surface area contributed by atoms with Crippen LogP contribution in [0.2, 0.25) is 0 Å². The summed E-state index contributed by atoms with van der Waals surface area (Å²) in [7, 11) is 0. The van der Waals surface area contributed by atoms with Crippen LogP contribution < -0.4 is 10.6 Å². The molecule has 1 unspecified atom stereocenters. The lowest BCUT2D eigenvalue weighted by atomic mass is 10.2. The van der Waals surface area contributed by atoms with Gasteiger partial charge in [-0.05, 0) is 55.5 Å². The van der Waals surface area contributed by atoms with E-state index in [1.807, 2.05) is 18.2 Å². The van der Waals surface area contributed by atoms with Gasteiger partial charge in [-0.3, -0.25) is 4.79 Å². The molecule has 0 fully saturated rings. The van der Waals surface area contributed by atoms with E-state index < -0.39 is 17.7 Å². The fourth-order valence-corrected chi connectivity index (χ4v) is 3.64. The molecule has 1 aliphatic heterocycles. The molecule has 1 heterocycles. The Balaban J connectivity index is 2.07. The zero-order chi connectivity index (χ0) is 15.6. The number of ether oxygens (including phenoxy) is 1. The molecule has 5 nitrogen and oxygen atoms in total. The summed E-state index contributed by atoms with van der Waals surface area (Å²) in [6, 6.07) is 5.22. The first-order chi connectivity index (χ1) is 9.76. The van der Waals surface area contributed by atoms with Crippen molar-refractivity contribution in [3.05, 3.63) is 21.8 Å². The minimum absolute atomic E-state index is 0.226. The Labute approximate surface area is 141 Å². The van der Waals surface area contributed by atoms with Gasteiger partial charge < -0.3 is 15.4 Å². The molecule has 0 radical (unpaired) electrons. The third-order valence-corrected chi connectivity index (χ3v) is 4.69. The number of halogens is 1. The molecule has 7 heteroatoms. The largest absolute Gasteiger partial charge is 0.444 e. The molecule has 1 atom stereocenters. The molecule has 0 spiro atoms. The lowest BCUT2D eigenvalue weighted by Gasteiger charge is -2.22. The molecule has 0 saturated heterocycles. The molecule has 0 saturated carbocycles. The number of thioether (sulfide) groups is 1. The summed E-state index contributed by atoms with van der Waals surface area (Å²) < 4.78 is 6.17. The monoisotopic (exact) mass is 420 g/mol. The van der Waals surface area contributed by atoms with Gasteiger partial charge in [-0.15, -0.1) is 11.8 Å². The Bertz CT molecular complexity index is 572. The minimum Gasteiger partial charge on any atom is -0.444 e. The van der Waals surface area contributed by atoms with Crippen LogP contribution in [0.3, 0.4) is 0 Å². The number of rotatable bonds is 1. The van der Waals surface area contributed by atoms with Gasteiger partial charge in [-0.25, -0.2) is 4.79 Å². The summed E-state index contributed by atoms with van der Waals surface area (Å²) in [4.78, 5) is 25.0. The number of benzene rings is 1. The normalized spacial score (nSPS) is 18.3. The highest BCUT2D eigenvalue weighted by Crippen LogP contribution is 2.34. The van der Waals surface area contributed by atoms with Crippen LogP contribution >= 0.6 is 34.4 Å². The van der Waals surface area contributed by atoms with Gasteiger partial charge in [-0.1, -0.05) is 6.07 Å². The average Bonchev–Trinajstić information content (AvgIpc) is 2.49.